The maximum absolute atomic E-state index is 10.7. The Labute approximate surface area is 82.6 Å². The minimum absolute atomic E-state index is 0.111. The molecule has 76 valence electrons. The summed E-state index contributed by atoms with van der Waals surface area (Å²) in [6, 6.07) is 6.10. The van der Waals surface area contributed by atoms with Crippen molar-refractivity contribution in [1.82, 2.24) is 0 Å². The van der Waals surface area contributed by atoms with Crippen LogP contribution in [0.1, 0.15) is 5.56 Å². The van der Waals surface area contributed by atoms with E-state index in [1.54, 1.807) is 12.1 Å². The van der Waals surface area contributed by atoms with E-state index < -0.39 is 10.1 Å². The molecule has 0 radical (unpaired) electrons. The van der Waals surface area contributed by atoms with Gasteiger partial charge in [0, 0.05) is 0 Å². The molecule has 0 spiro atoms. The Balaban J connectivity index is 0.000000791. The Morgan fingerprint density at radius 1 is 1.21 bits per heavy atom. The Hall–Kier alpha value is -1.46. The molecule has 0 amide bonds. The van der Waals surface area contributed by atoms with E-state index in [4.69, 9.17) is 9.35 Å². The number of hydrogen-bond donors (Lipinski definition) is 1. The third-order valence-corrected chi connectivity index (χ3v) is 2.34. The van der Waals surface area contributed by atoms with Crippen LogP contribution >= 0.6 is 0 Å². The summed E-state index contributed by atoms with van der Waals surface area (Å²) in [7, 11) is -4.12. The molecule has 14 heavy (non-hydrogen) atoms. The van der Waals surface area contributed by atoms with Crippen LogP contribution in [0, 0.1) is 0 Å². The Kier molecular flexibility index (Phi) is 4.76. The molecular weight excluding hydrogens is 204 g/mol. The zero-order valence-corrected chi connectivity index (χ0v) is 8.20. The number of hydrogen-bond acceptors (Lipinski definition) is 3. The molecule has 0 saturated carbocycles. The van der Waals surface area contributed by atoms with Crippen molar-refractivity contribution in [2.45, 2.75) is 4.90 Å². The maximum atomic E-state index is 10.7. The summed E-state index contributed by atoms with van der Waals surface area (Å²) in [4.78, 5) is 7.89. The Morgan fingerprint density at radius 3 is 2.07 bits per heavy atom. The molecule has 4 nitrogen and oxygen atoms in total. The molecule has 0 aliphatic rings. The molecule has 1 aromatic rings. The van der Waals surface area contributed by atoms with Gasteiger partial charge in [0.2, 0.25) is 0 Å². The summed E-state index contributed by atoms with van der Waals surface area (Å²) in [6.45, 7) is 5.43. The molecule has 0 saturated heterocycles. The number of carbonyl (C=O) groups excluding carboxylic acids is 1. The molecule has 1 N–H and O–H groups in total. The summed E-state index contributed by atoms with van der Waals surface area (Å²) >= 11 is 0. The van der Waals surface area contributed by atoms with Crippen LogP contribution in [0.2, 0.25) is 0 Å². The van der Waals surface area contributed by atoms with Crippen molar-refractivity contribution in [3.05, 3.63) is 36.4 Å². The van der Waals surface area contributed by atoms with Gasteiger partial charge in [-0.05, 0) is 11.6 Å². The lowest BCUT2D eigenvalue weighted by Crippen LogP contribution is -1.99. The van der Waals surface area contributed by atoms with E-state index in [-0.39, 0.29) is 4.90 Å². The van der Waals surface area contributed by atoms with E-state index in [1.165, 1.54) is 18.2 Å². The van der Waals surface area contributed by atoms with Crippen LogP contribution < -0.4 is 0 Å². The Morgan fingerprint density at radius 2 is 1.71 bits per heavy atom. The zero-order valence-electron chi connectivity index (χ0n) is 7.38. The van der Waals surface area contributed by atoms with Crippen molar-refractivity contribution in [3.63, 3.8) is 0 Å². The fourth-order valence-corrected chi connectivity index (χ4v) is 1.58. The SMILES string of the molecule is C=Cc1ccccc1S(=O)(=O)O.C=O. The van der Waals surface area contributed by atoms with Gasteiger partial charge in [-0.2, -0.15) is 8.42 Å². The highest BCUT2D eigenvalue weighted by molar-refractivity contribution is 7.85. The van der Waals surface area contributed by atoms with Crippen molar-refractivity contribution in [2.75, 3.05) is 0 Å². The first-order valence-corrected chi connectivity index (χ1v) is 4.97. The first kappa shape index (κ1) is 12.5. The smallest absolute Gasteiger partial charge is 0.295 e. The lowest BCUT2D eigenvalue weighted by Gasteiger charge is -2.00. The summed E-state index contributed by atoms with van der Waals surface area (Å²) in [5, 5.41) is 0. The molecule has 0 aromatic heterocycles. The summed E-state index contributed by atoms with van der Waals surface area (Å²) < 4.78 is 30.2. The van der Waals surface area contributed by atoms with Crippen molar-refractivity contribution in [1.29, 1.82) is 0 Å². The minimum atomic E-state index is -4.12. The van der Waals surface area contributed by atoms with Gasteiger partial charge in [-0.25, -0.2) is 0 Å². The van der Waals surface area contributed by atoms with Gasteiger partial charge >= 0.3 is 0 Å². The number of carbonyl (C=O) groups is 1. The summed E-state index contributed by atoms with van der Waals surface area (Å²) in [6.07, 6.45) is 1.38. The number of benzene rings is 1. The van der Waals surface area contributed by atoms with Crippen LogP contribution in [-0.4, -0.2) is 19.8 Å². The molecule has 5 heteroatoms. The molecule has 0 atom stereocenters. The minimum Gasteiger partial charge on any atom is -0.307 e. The molecule has 0 heterocycles. The highest BCUT2D eigenvalue weighted by atomic mass is 32.2. The lowest BCUT2D eigenvalue weighted by atomic mass is 10.2. The topological polar surface area (TPSA) is 71.4 Å². The quantitative estimate of drug-likeness (QED) is 0.755. The lowest BCUT2D eigenvalue weighted by molar-refractivity contribution is -0.0979. The van der Waals surface area contributed by atoms with Gasteiger partial charge in [0.15, 0.2) is 0 Å². The zero-order chi connectivity index (χ0) is 11.2. The fourth-order valence-electron chi connectivity index (χ4n) is 0.884. The second-order valence-electron chi connectivity index (χ2n) is 2.22. The van der Waals surface area contributed by atoms with E-state index in [0.29, 0.717) is 5.56 Å². The Bertz CT molecular complexity index is 409. The van der Waals surface area contributed by atoms with Crippen molar-refractivity contribution in [3.8, 4) is 0 Å². The molecule has 0 fully saturated rings. The van der Waals surface area contributed by atoms with Crippen molar-refractivity contribution < 1.29 is 17.8 Å². The standard InChI is InChI=1S/C8H8O3S.CH2O/c1-2-7-5-3-4-6-8(7)12(9,10)11;1-2/h2-6H,1H2,(H,9,10,11);1H2. The molecule has 1 aromatic carbocycles. The molecule has 1 rings (SSSR count). The average molecular weight is 214 g/mol. The van der Waals surface area contributed by atoms with Crippen LogP contribution in [0.15, 0.2) is 35.7 Å². The van der Waals surface area contributed by atoms with E-state index in [2.05, 4.69) is 6.58 Å². The molecule has 0 aliphatic heterocycles. The van der Waals surface area contributed by atoms with Gasteiger partial charge in [-0.15, -0.1) is 0 Å². The van der Waals surface area contributed by atoms with E-state index in [0.717, 1.165) is 0 Å². The van der Waals surface area contributed by atoms with Gasteiger partial charge in [0.25, 0.3) is 10.1 Å². The first-order valence-electron chi connectivity index (χ1n) is 3.53. The van der Waals surface area contributed by atoms with Gasteiger partial charge in [-0.1, -0.05) is 30.9 Å². The maximum Gasteiger partial charge on any atom is 0.295 e. The highest BCUT2D eigenvalue weighted by Crippen LogP contribution is 2.15. The van der Waals surface area contributed by atoms with Gasteiger partial charge < -0.3 is 4.79 Å². The third-order valence-electron chi connectivity index (χ3n) is 1.42. The second-order valence-corrected chi connectivity index (χ2v) is 3.61. The average Bonchev–Trinajstić information content (AvgIpc) is 2.19. The summed E-state index contributed by atoms with van der Waals surface area (Å²) in [5.74, 6) is 0. The van der Waals surface area contributed by atoms with Gasteiger partial charge in [0.1, 0.15) is 11.7 Å². The first-order chi connectivity index (χ1) is 6.55. The van der Waals surface area contributed by atoms with Crippen LogP contribution in [0.4, 0.5) is 0 Å². The fraction of sp³-hybridized carbons (Fsp3) is 0. The van der Waals surface area contributed by atoms with E-state index >= 15 is 0 Å². The predicted molar refractivity (Wildman–Crippen MR) is 53.5 cm³/mol. The molecule has 0 bridgehead atoms. The normalized spacial score (nSPS) is 9.79. The summed E-state index contributed by atoms with van der Waals surface area (Å²) in [5.41, 5.74) is 0.403. The van der Waals surface area contributed by atoms with Crippen LogP contribution in [-0.2, 0) is 14.9 Å². The molecule has 0 aliphatic carbocycles. The van der Waals surface area contributed by atoms with Gasteiger partial charge in [0.05, 0.1) is 0 Å². The largest absolute Gasteiger partial charge is 0.307 e. The second kappa shape index (κ2) is 5.31. The molecular formula is C9H10O4S. The van der Waals surface area contributed by atoms with E-state index in [9.17, 15) is 8.42 Å². The third kappa shape index (κ3) is 3.12. The van der Waals surface area contributed by atoms with Crippen LogP contribution in [0.3, 0.4) is 0 Å². The van der Waals surface area contributed by atoms with Crippen LogP contribution in [0.25, 0.3) is 6.08 Å². The van der Waals surface area contributed by atoms with Gasteiger partial charge in [-0.3, -0.25) is 4.55 Å². The molecule has 0 unspecified atom stereocenters. The van der Waals surface area contributed by atoms with Crippen molar-refractivity contribution in [2.24, 2.45) is 0 Å². The monoisotopic (exact) mass is 214 g/mol. The highest BCUT2D eigenvalue weighted by Gasteiger charge is 2.11. The van der Waals surface area contributed by atoms with Crippen LogP contribution in [0.5, 0.6) is 0 Å². The van der Waals surface area contributed by atoms with E-state index in [1.807, 2.05) is 6.79 Å². The number of rotatable bonds is 2. The predicted octanol–water partition coefficient (Wildman–Crippen LogP) is 1.39. The van der Waals surface area contributed by atoms with Crippen molar-refractivity contribution >= 4 is 23.0 Å².